The Morgan fingerprint density at radius 2 is 2.14 bits per heavy atom. The van der Waals surface area contributed by atoms with Crippen LogP contribution in [0.4, 0.5) is 0 Å². The Bertz CT molecular complexity index is 630. The maximum Gasteiger partial charge on any atom is 0.115 e. The number of unbranched alkanes of at least 4 members (excludes halogenated alkanes) is 1. The van der Waals surface area contributed by atoms with Crippen LogP contribution in [0.15, 0.2) is 28.9 Å². The summed E-state index contributed by atoms with van der Waals surface area (Å²) in [7, 11) is 0. The van der Waals surface area contributed by atoms with E-state index in [4.69, 9.17) is 0 Å². The monoisotopic (exact) mass is 285 g/mol. The topological polar surface area (TPSA) is 52.8 Å². The van der Waals surface area contributed by atoms with Gasteiger partial charge in [0.05, 0.1) is 5.71 Å². The molecule has 1 unspecified atom stereocenters. The van der Waals surface area contributed by atoms with E-state index in [1.165, 1.54) is 36.0 Å². The highest BCUT2D eigenvalue weighted by atomic mass is 16.4. The fraction of sp³-hybridized carbons (Fsp3) is 0.500. The molecule has 3 nitrogen and oxygen atoms in total. The average molecular weight is 285 g/mol. The molecule has 0 spiro atoms. The average Bonchev–Trinajstić information content (AvgIpc) is 2.80. The maximum atomic E-state index is 9.77. The summed E-state index contributed by atoms with van der Waals surface area (Å²) in [6.45, 7) is 4.30. The van der Waals surface area contributed by atoms with Crippen molar-refractivity contribution in [2.24, 2.45) is 10.6 Å². The van der Waals surface area contributed by atoms with Crippen LogP contribution >= 0.6 is 0 Å². The minimum Gasteiger partial charge on any atom is -0.508 e. The second-order valence-corrected chi connectivity index (χ2v) is 6.45. The van der Waals surface area contributed by atoms with E-state index in [-0.39, 0.29) is 5.41 Å². The molecule has 21 heavy (non-hydrogen) atoms. The van der Waals surface area contributed by atoms with Crippen molar-refractivity contribution in [2.75, 3.05) is 0 Å². The number of allylic oxidation sites excluding steroid dienone is 2. The van der Waals surface area contributed by atoms with Crippen molar-refractivity contribution in [1.82, 2.24) is 0 Å². The molecule has 0 aliphatic heterocycles. The van der Waals surface area contributed by atoms with Crippen molar-refractivity contribution in [3.63, 3.8) is 0 Å². The van der Waals surface area contributed by atoms with Crippen LogP contribution in [-0.4, -0.2) is 16.0 Å². The first-order valence-corrected chi connectivity index (χ1v) is 7.86. The molecule has 0 saturated heterocycles. The molecule has 1 aromatic carbocycles. The number of fused-ring (bicyclic) bond motifs is 3. The van der Waals surface area contributed by atoms with E-state index in [0.717, 1.165) is 30.5 Å². The van der Waals surface area contributed by atoms with Gasteiger partial charge in [-0.3, -0.25) is 0 Å². The first-order valence-electron chi connectivity index (χ1n) is 7.86. The highest BCUT2D eigenvalue weighted by molar-refractivity contribution is 6.09. The van der Waals surface area contributed by atoms with Gasteiger partial charge in [-0.2, -0.15) is 0 Å². The van der Waals surface area contributed by atoms with Crippen molar-refractivity contribution in [2.45, 2.75) is 52.4 Å². The van der Waals surface area contributed by atoms with Crippen LogP contribution in [-0.2, 0) is 6.42 Å². The Labute approximate surface area is 126 Å². The van der Waals surface area contributed by atoms with E-state index in [1.54, 1.807) is 6.07 Å². The number of oxime groups is 1. The predicted molar refractivity (Wildman–Crippen MR) is 84.8 cm³/mol. The molecule has 2 aliphatic rings. The van der Waals surface area contributed by atoms with Crippen LogP contribution in [0.3, 0.4) is 0 Å². The van der Waals surface area contributed by atoms with Gasteiger partial charge in [0.15, 0.2) is 0 Å². The molecular formula is C18H23NO2. The Morgan fingerprint density at radius 3 is 2.86 bits per heavy atom. The second kappa shape index (κ2) is 5.21. The molecule has 3 heteroatoms. The fourth-order valence-electron chi connectivity index (χ4n) is 4.19. The number of phenols is 1. The highest BCUT2D eigenvalue weighted by Crippen LogP contribution is 2.56. The molecular weight excluding hydrogens is 262 g/mol. The Morgan fingerprint density at radius 1 is 1.33 bits per heavy atom. The molecule has 0 aromatic heterocycles. The van der Waals surface area contributed by atoms with Gasteiger partial charge in [-0.1, -0.05) is 31.0 Å². The first-order chi connectivity index (χ1) is 10.1. The van der Waals surface area contributed by atoms with E-state index in [2.05, 4.69) is 19.0 Å². The molecule has 2 N–H and O–H groups in total. The number of phenolic OH excluding ortho intramolecular Hbond substituents is 1. The summed E-state index contributed by atoms with van der Waals surface area (Å²) >= 11 is 0. The van der Waals surface area contributed by atoms with Gasteiger partial charge in [-0.25, -0.2) is 0 Å². The van der Waals surface area contributed by atoms with Gasteiger partial charge in [0.1, 0.15) is 5.75 Å². The van der Waals surface area contributed by atoms with E-state index in [1.807, 2.05) is 12.1 Å². The van der Waals surface area contributed by atoms with Gasteiger partial charge in [0.2, 0.25) is 0 Å². The lowest BCUT2D eigenvalue weighted by Crippen LogP contribution is -2.28. The molecule has 0 saturated carbocycles. The third kappa shape index (κ3) is 2.15. The number of hydrogen-bond donors (Lipinski definition) is 2. The van der Waals surface area contributed by atoms with Gasteiger partial charge in [-0.05, 0) is 67.0 Å². The summed E-state index contributed by atoms with van der Waals surface area (Å²) in [5.74, 6) is 0.340. The zero-order valence-electron chi connectivity index (χ0n) is 12.8. The standard InChI is InChI=1S/C18H23NO2/c1-3-4-8-18-9-7-16(19-21)12(2)17(18)15-6-5-14(20)10-13(15)11-18/h5-6,10,20-21H,3-4,7-9,11H2,1-2H3/b19-16-. The van der Waals surface area contributed by atoms with Gasteiger partial charge < -0.3 is 10.3 Å². The molecule has 1 aromatic rings. The normalized spacial score (nSPS) is 26.1. The first kappa shape index (κ1) is 14.2. The Balaban J connectivity index is 2.16. The Hall–Kier alpha value is -1.77. The number of aromatic hydroxyl groups is 1. The third-order valence-corrected chi connectivity index (χ3v) is 5.20. The third-order valence-electron chi connectivity index (χ3n) is 5.20. The molecule has 0 heterocycles. The molecule has 0 amide bonds. The van der Waals surface area contributed by atoms with Crippen molar-refractivity contribution >= 4 is 11.3 Å². The predicted octanol–water partition coefficient (Wildman–Crippen LogP) is 4.52. The minimum absolute atomic E-state index is 0.171. The van der Waals surface area contributed by atoms with Crippen LogP contribution < -0.4 is 0 Å². The van der Waals surface area contributed by atoms with Crippen LogP contribution in [0.5, 0.6) is 5.75 Å². The number of hydrogen-bond acceptors (Lipinski definition) is 3. The maximum absolute atomic E-state index is 9.77. The lowest BCUT2D eigenvalue weighted by atomic mass is 9.67. The van der Waals surface area contributed by atoms with Gasteiger partial charge in [0, 0.05) is 5.41 Å². The van der Waals surface area contributed by atoms with Crippen molar-refractivity contribution in [3.8, 4) is 5.75 Å². The SMILES string of the molecule is CCCCC12CC/C(=N/O)C(C)=C1c1ccc(O)cc1C2. The van der Waals surface area contributed by atoms with E-state index >= 15 is 0 Å². The number of nitrogens with zero attached hydrogens (tertiary/aromatic N) is 1. The lowest BCUT2D eigenvalue weighted by molar-refractivity contribution is 0.308. The summed E-state index contributed by atoms with van der Waals surface area (Å²) in [6.07, 6.45) is 6.45. The Kier molecular flexibility index (Phi) is 3.52. The number of benzene rings is 1. The second-order valence-electron chi connectivity index (χ2n) is 6.45. The van der Waals surface area contributed by atoms with E-state index in [9.17, 15) is 10.3 Å². The summed E-state index contributed by atoms with van der Waals surface area (Å²) in [4.78, 5) is 0. The largest absolute Gasteiger partial charge is 0.508 e. The summed E-state index contributed by atoms with van der Waals surface area (Å²) in [5.41, 5.74) is 5.94. The number of rotatable bonds is 3. The molecule has 0 fully saturated rings. The molecule has 3 rings (SSSR count). The van der Waals surface area contributed by atoms with Gasteiger partial charge in [-0.15, -0.1) is 0 Å². The molecule has 1 atom stereocenters. The van der Waals surface area contributed by atoms with Crippen molar-refractivity contribution in [3.05, 3.63) is 34.9 Å². The lowest BCUT2D eigenvalue weighted by Gasteiger charge is -2.36. The smallest absolute Gasteiger partial charge is 0.115 e. The molecule has 112 valence electrons. The van der Waals surface area contributed by atoms with Crippen LogP contribution in [0.2, 0.25) is 0 Å². The zero-order valence-corrected chi connectivity index (χ0v) is 12.8. The minimum atomic E-state index is 0.171. The quantitative estimate of drug-likeness (QED) is 0.633. The summed E-state index contributed by atoms with van der Waals surface area (Å²) in [6, 6.07) is 5.69. The highest BCUT2D eigenvalue weighted by Gasteiger charge is 2.45. The van der Waals surface area contributed by atoms with Gasteiger partial charge in [0.25, 0.3) is 0 Å². The van der Waals surface area contributed by atoms with E-state index < -0.39 is 0 Å². The molecule has 0 radical (unpaired) electrons. The zero-order chi connectivity index (χ0) is 15.0. The van der Waals surface area contributed by atoms with Crippen molar-refractivity contribution in [1.29, 1.82) is 0 Å². The summed E-state index contributed by atoms with van der Waals surface area (Å²) in [5, 5.41) is 22.5. The fourth-order valence-corrected chi connectivity index (χ4v) is 4.19. The van der Waals surface area contributed by atoms with Crippen LogP contribution in [0.25, 0.3) is 5.57 Å². The van der Waals surface area contributed by atoms with E-state index in [0.29, 0.717) is 5.75 Å². The van der Waals surface area contributed by atoms with Crippen molar-refractivity contribution < 1.29 is 10.3 Å². The van der Waals surface area contributed by atoms with Gasteiger partial charge >= 0.3 is 0 Å². The molecule has 0 bridgehead atoms. The molecule has 2 aliphatic carbocycles. The van der Waals surface area contributed by atoms with Crippen LogP contribution in [0.1, 0.15) is 57.1 Å². The summed E-state index contributed by atoms with van der Waals surface area (Å²) < 4.78 is 0. The van der Waals surface area contributed by atoms with Crippen LogP contribution in [0, 0.1) is 5.41 Å².